The third-order valence-electron chi connectivity index (χ3n) is 10.0. The fraction of sp³-hybridized carbons (Fsp3) is 0. The van der Waals surface area contributed by atoms with Crippen LogP contribution in [0.5, 0.6) is 0 Å². The molecule has 50 heavy (non-hydrogen) atoms. The molecule has 10 rings (SSSR count). The van der Waals surface area contributed by atoms with E-state index in [0.717, 1.165) is 60.7 Å². The van der Waals surface area contributed by atoms with Gasteiger partial charge in [-0.05, 0) is 91.1 Å². The molecule has 0 aliphatic carbocycles. The quantitative estimate of drug-likeness (QED) is 0.180. The van der Waals surface area contributed by atoms with Crippen LogP contribution in [0.2, 0.25) is 0 Å². The Morgan fingerprint density at radius 2 is 0.860 bits per heavy atom. The first-order valence-corrected chi connectivity index (χ1v) is 17.1. The summed E-state index contributed by atoms with van der Waals surface area (Å²) in [6, 6.07) is 63.3. The van der Waals surface area contributed by atoms with E-state index < -0.39 is 0 Å². The lowest BCUT2D eigenvalue weighted by Crippen LogP contribution is -1.94. The molecule has 2 nitrogen and oxygen atoms in total. The Labute approximate surface area is 290 Å². The van der Waals surface area contributed by atoms with Crippen molar-refractivity contribution in [2.45, 2.75) is 0 Å². The van der Waals surface area contributed by atoms with Crippen LogP contribution < -0.4 is 0 Å². The van der Waals surface area contributed by atoms with Gasteiger partial charge in [-0.25, -0.2) is 4.98 Å². The Morgan fingerprint density at radius 1 is 0.320 bits per heavy atom. The zero-order valence-electron chi connectivity index (χ0n) is 27.2. The van der Waals surface area contributed by atoms with Crippen molar-refractivity contribution in [2.75, 3.05) is 0 Å². The van der Waals surface area contributed by atoms with E-state index in [1.165, 1.54) is 38.1 Å². The van der Waals surface area contributed by atoms with Crippen LogP contribution in [0.1, 0.15) is 0 Å². The maximum Gasteiger partial charge on any atom is 0.0794 e. The molecule has 8 aromatic carbocycles. The van der Waals surface area contributed by atoms with Gasteiger partial charge in [-0.3, -0.25) is 4.98 Å². The summed E-state index contributed by atoms with van der Waals surface area (Å²) in [6.45, 7) is 0. The average Bonchev–Trinajstić information content (AvgIpc) is 3.19. The number of para-hydroxylation sites is 1. The molecule has 0 saturated heterocycles. The average molecular weight is 635 g/mol. The van der Waals surface area contributed by atoms with Gasteiger partial charge in [0.25, 0.3) is 0 Å². The van der Waals surface area contributed by atoms with Gasteiger partial charge in [0.15, 0.2) is 0 Å². The van der Waals surface area contributed by atoms with E-state index in [4.69, 9.17) is 9.97 Å². The molecular weight excluding hydrogens is 605 g/mol. The summed E-state index contributed by atoms with van der Waals surface area (Å²) in [4.78, 5) is 10.2. The van der Waals surface area contributed by atoms with Crippen LogP contribution in [-0.2, 0) is 0 Å². The highest BCUT2D eigenvalue weighted by Crippen LogP contribution is 2.41. The summed E-state index contributed by atoms with van der Waals surface area (Å²) < 4.78 is 0. The first-order valence-electron chi connectivity index (χ1n) is 17.1. The normalized spacial score (nSPS) is 11.6. The number of hydrogen-bond acceptors (Lipinski definition) is 2. The van der Waals surface area contributed by atoms with Crippen LogP contribution in [0.4, 0.5) is 0 Å². The molecule has 0 saturated carbocycles. The van der Waals surface area contributed by atoms with E-state index >= 15 is 0 Å². The van der Waals surface area contributed by atoms with Crippen LogP contribution in [0, 0.1) is 0 Å². The number of pyridine rings is 2. The largest absolute Gasteiger partial charge is 0.256 e. The van der Waals surface area contributed by atoms with Crippen molar-refractivity contribution in [2.24, 2.45) is 0 Å². The Balaban J connectivity index is 1.21. The molecule has 232 valence electrons. The lowest BCUT2D eigenvalue weighted by molar-refractivity contribution is 1.40. The standard InChI is InChI=1S/C48H30N2/c1-3-11-35-25-37(23-19-31(35)9-1)43-28-45-44(34-21-17-33(18-22-34)40-27-38-13-5-8-16-46(38)49-30-40)29-47(50-48(45)42-15-7-6-14-41(42)43)39-24-20-32-10-2-4-12-36(32)26-39/h1-30H. The minimum absolute atomic E-state index is 0.963. The third-order valence-corrected chi connectivity index (χ3v) is 10.0. The highest BCUT2D eigenvalue weighted by molar-refractivity contribution is 6.16. The second-order valence-corrected chi connectivity index (χ2v) is 13.0. The van der Waals surface area contributed by atoms with Crippen molar-refractivity contribution in [1.82, 2.24) is 9.97 Å². The minimum Gasteiger partial charge on any atom is -0.256 e. The summed E-state index contributed by atoms with van der Waals surface area (Å²) in [5.41, 5.74) is 11.0. The maximum absolute atomic E-state index is 5.44. The van der Waals surface area contributed by atoms with Crippen molar-refractivity contribution in [3.8, 4) is 44.6 Å². The summed E-state index contributed by atoms with van der Waals surface area (Å²) in [6.07, 6.45) is 1.97. The molecule has 0 radical (unpaired) electrons. The first-order chi connectivity index (χ1) is 24.7. The molecular formula is C48H30N2. The Hall–Kier alpha value is -6.64. The molecule has 0 N–H and O–H groups in total. The molecule has 0 aliphatic rings. The monoisotopic (exact) mass is 634 g/mol. The molecule has 2 heteroatoms. The smallest absolute Gasteiger partial charge is 0.0794 e. The Bertz CT molecular complexity index is 2920. The van der Waals surface area contributed by atoms with Crippen LogP contribution in [-0.4, -0.2) is 9.97 Å². The zero-order chi connectivity index (χ0) is 33.0. The van der Waals surface area contributed by atoms with Crippen LogP contribution >= 0.6 is 0 Å². The number of benzene rings is 8. The summed E-state index contributed by atoms with van der Waals surface area (Å²) >= 11 is 0. The molecule has 0 unspecified atom stereocenters. The summed E-state index contributed by atoms with van der Waals surface area (Å²) in [5, 5.41) is 9.53. The molecule has 0 atom stereocenters. The van der Waals surface area contributed by atoms with Crippen molar-refractivity contribution in [3.05, 3.63) is 182 Å². The Kier molecular flexibility index (Phi) is 6.53. The molecule has 10 aromatic rings. The van der Waals surface area contributed by atoms with Gasteiger partial charge in [0, 0.05) is 33.5 Å². The molecule has 0 amide bonds. The van der Waals surface area contributed by atoms with Gasteiger partial charge in [-0.1, -0.05) is 140 Å². The van der Waals surface area contributed by atoms with E-state index in [9.17, 15) is 0 Å². The zero-order valence-corrected chi connectivity index (χ0v) is 27.2. The second-order valence-electron chi connectivity index (χ2n) is 13.0. The number of rotatable bonds is 4. The van der Waals surface area contributed by atoms with E-state index in [1.807, 2.05) is 12.3 Å². The number of fused-ring (bicyclic) bond motifs is 6. The van der Waals surface area contributed by atoms with Crippen molar-refractivity contribution >= 4 is 54.1 Å². The van der Waals surface area contributed by atoms with Crippen molar-refractivity contribution < 1.29 is 0 Å². The van der Waals surface area contributed by atoms with Gasteiger partial charge in [0.05, 0.1) is 16.7 Å². The molecule has 0 spiro atoms. The number of hydrogen-bond donors (Lipinski definition) is 0. The third kappa shape index (κ3) is 4.81. The number of nitrogens with zero attached hydrogens (tertiary/aromatic N) is 2. The Morgan fingerprint density at radius 3 is 1.62 bits per heavy atom. The highest BCUT2D eigenvalue weighted by atomic mass is 14.7. The van der Waals surface area contributed by atoms with Gasteiger partial charge in [0.2, 0.25) is 0 Å². The molecule has 2 heterocycles. The van der Waals surface area contributed by atoms with E-state index in [0.29, 0.717) is 0 Å². The molecule has 2 aromatic heterocycles. The predicted molar refractivity (Wildman–Crippen MR) is 211 cm³/mol. The summed E-state index contributed by atoms with van der Waals surface area (Å²) in [5.74, 6) is 0. The molecule has 0 aliphatic heterocycles. The van der Waals surface area contributed by atoms with Crippen LogP contribution in [0.3, 0.4) is 0 Å². The first kappa shape index (κ1) is 28.4. The van der Waals surface area contributed by atoms with Gasteiger partial charge in [-0.15, -0.1) is 0 Å². The minimum atomic E-state index is 0.963. The van der Waals surface area contributed by atoms with E-state index in [1.54, 1.807) is 0 Å². The van der Waals surface area contributed by atoms with E-state index in [-0.39, 0.29) is 0 Å². The number of aromatic nitrogens is 2. The molecule has 0 fully saturated rings. The van der Waals surface area contributed by atoms with Gasteiger partial charge >= 0.3 is 0 Å². The highest BCUT2D eigenvalue weighted by Gasteiger charge is 2.17. The van der Waals surface area contributed by atoms with Crippen LogP contribution in [0.15, 0.2) is 182 Å². The topological polar surface area (TPSA) is 25.8 Å². The maximum atomic E-state index is 5.44. The fourth-order valence-electron chi connectivity index (χ4n) is 7.46. The van der Waals surface area contributed by atoms with E-state index in [2.05, 4.69) is 170 Å². The fourth-order valence-corrected chi connectivity index (χ4v) is 7.46. The summed E-state index contributed by atoms with van der Waals surface area (Å²) in [7, 11) is 0. The van der Waals surface area contributed by atoms with Crippen LogP contribution in [0.25, 0.3) is 98.8 Å². The van der Waals surface area contributed by atoms with Crippen molar-refractivity contribution in [1.29, 1.82) is 0 Å². The SMILES string of the molecule is c1ccc2cc(-c3cc(-c4ccc(-c5cnc6ccccc6c5)cc4)c4cc(-c5ccc6ccccc6c5)c5ccccc5c4n3)ccc2c1. The molecule has 0 bridgehead atoms. The van der Waals surface area contributed by atoms with Gasteiger partial charge in [0.1, 0.15) is 0 Å². The lowest BCUT2D eigenvalue weighted by atomic mass is 9.90. The second kappa shape index (κ2) is 11.5. The van der Waals surface area contributed by atoms with Gasteiger partial charge < -0.3 is 0 Å². The van der Waals surface area contributed by atoms with Crippen molar-refractivity contribution in [3.63, 3.8) is 0 Å². The predicted octanol–water partition coefficient (Wildman–Crippen LogP) is 12.9. The van der Waals surface area contributed by atoms with Gasteiger partial charge in [-0.2, -0.15) is 0 Å². The lowest BCUT2D eigenvalue weighted by Gasteiger charge is -2.16.